The Labute approximate surface area is 173 Å². The van der Waals surface area contributed by atoms with Gasteiger partial charge in [-0.15, -0.1) is 0 Å². The van der Waals surface area contributed by atoms with Crippen LogP contribution in [0.15, 0.2) is 54.6 Å². The molecular weight excluding hydrogens is 394 g/mol. The molecule has 1 N–H and O–H groups in total. The van der Waals surface area contributed by atoms with Crippen molar-refractivity contribution < 1.29 is 27.8 Å². The zero-order valence-corrected chi connectivity index (χ0v) is 16.4. The molecule has 0 saturated heterocycles. The maximum Gasteiger partial charge on any atom is 0.387 e. The van der Waals surface area contributed by atoms with Crippen LogP contribution in [0.4, 0.5) is 8.78 Å². The lowest BCUT2D eigenvalue weighted by Crippen LogP contribution is -2.42. The molecule has 0 fully saturated rings. The number of amides is 2. The number of methoxy groups -OCH3 is 1. The van der Waals surface area contributed by atoms with Crippen LogP contribution in [0, 0.1) is 0 Å². The van der Waals surface area contributed by atoms with Crippen LogP contribution in [0.1, 0.15) is 22.3 Å². The van der Waals surface area contributed by atoms with Crippen molar-refractivity contribution in [2.45, 2.75) is 13.0 Å². The molecule has 0 radical (unpaired) electrons. The van der Waals surface area contributed by atoms with Crippen molar-refractivity contribution in [3.05, 3.63) is 65.7 Å². The fourth-order valence-electron chi connectivity index (χ4n) is 3.18. The summed E-state index contributed by atoms with van der Waals surface area (Å²) in [5.74, 6) is -0.877. The first-order chi connectivity index (χ1) is 14.5. The Kier molecular flexibility index (Phi) is 7.00. The van der Waals surface area contributed by atoms with Crippen LogP contribution in [0.3, 0.4) is 0 Å². The topological polar surface area (TPSA) is 67.9 Å². The van der Waals surface area contributed by atoms with Crippen LogP contribution >= 0.6 is 0 Å². The maximum atomic E-state index is 12.4. The van der Waals surface area contributed by atoms with E-state index in [1.807, 2.05) is 36.4 Å². The first-order valence-electron chi connectivity index (χ1n) is 9.41. The number of carbonyl (C=O) groups is 2. The molecule has 30 heavy (non-hydrogen) atoms. The minimum atomic E-state index is -3.00. The molecule has 3 rings (SSSR count). The van der Waals surface area contributed by atoms with Gasteiger partial charge in [0.05, 0.1) is 13.7 Å². The zero-order valence-electron chi connectivity index (χ0n) is 16.4. The summed E-state index contributed by atoms with van der Waals surface area (Å²) < 4.78 is 34.1. The van der Waals surface area contributed by atoms with E-state index in [0.717, 1.165) is 12.0 Å². The number of alkyl halides is 2. The van der Waals surface area contributed by atoms with E-state index in [9.17, 15) is 18.4 Å². The normalized spacial score (nSPS) is 13.6. The summed E-state index contributed by atoms with van der Waals surface area (Å²) in [6.45, 7) is -2.11. The van der Waals surface area contributed by atoms with Crippen LogP contribution in [0.5, 0.6) is 11.5 Å². The molecule has 0 unspecified atom stereocenters. The second-order valence-electron chi connectivity index (χ2n) is 6.61. The molecule has 0 aliphatic carbocycles. The molecule has 0 aromatic heterocycles. The molecule has 8 heteroatoms. The quantitative estimate of drug-likeness (QED) is 0.752. The highest BCUT2D eigenvalue weighted by atomic mass is 19.3. The van der Waals surface area contributed by atoms with Crippen LogP contribution in [0.2, 0.25) is 0 Å². The number of ether oxygens (including phenoxy) is 2. The molecule has 2 aromatic carbocycles. The van der Waals surface area contributed by atoms with Gasteiger partial charge in [-0.1, -0.05) is 36.4 Å². The Bertz CT molecular complexity index is 932. The van der Waals surface area contributed by atoms with Crippen molar-refractivity contribution in [2.24, 2.45) is 0 Å². The summed E-state index contributed by atoms with van der Waals surface area (Å²) in [5.41, 5.74) is 2.51. The predicted octanol–water partition coefficient (Wildman–Crippen LogP) is 3.34. The van der Waals surface area contributed by atoms with Crippen molar-refractivity contribution in [1.29, 1.82) is 0 Å². The number of rotatable bonds is 7. The lowest BCUT2D eigenvalue weighted by molar-refractivity contribution is -0.129. The van der Waals surface area contributed by atoms with Gasteiger partial charge in [0.1, 0.15) is 0 Å². The van der Waals surface area contributed by atoms with Crippen molar-refractivity contribution in [3.63, 3.8) is 0 Å². The molecule has 1 aliphatic rings. The minimum Gasteiger partial charge on any atom is -0.493 e. The third-order valence-corrected chi connectivity index (χ3v) is 4.75. The van der Waals surface area contributed by atoms with E-state index in [1.165, 1.54) is 30.9 Å². The Morgan fingerprint density at radius 2 is 1.90 bits per heavy atom. The molecule has 2 amide bonds. The summed E-state index contributed by atoms with van der Waals surface area (Å²) in [6.07, 6.45) is 2.76. The molecule has 0 spiro atoms. The minimum absolute atomic E-state index is 0.00360. The molecule has 158 valence electrons. The van der Waals surface area contributed by atoms with E-state index in [-0.39, 0.29) is 29.5 Å². The molecule has 6 nitrogen and oxygen atoms in total. The van der Waals surface area contributed by atoms with Gasteiger partial charge in [0.15, 0.2) is 11.5 Å². The van der Waals surface area contributed by atoms with Crippen molar-refractivity contribution in [1.82, 2.24) is 10.2 Å². The van der Waals surface area contributed by atoms with E-state index < -0.39 is 12.5 Å². The third kappa shape index (κ3) is 5.34. The van der Waals surface area contributed by atoms with Gasteiger partial charge >= 0.3 is 6.61 Å². The number of nitrogens with zero attached hydrogens (tertiary/aromatic N) is 1. The third-order valence-electron chi connectivity index (χ3n) is 4.75. The van der Waals surface area contributed by atoms with Gasteiger partial charge in [0.2, 0.25) is 5.91 Å². The largest absolute Gasteiger partial charge is 0.493 e. The van der Waals surface area contributed by atoms with Crippen molar-refractivity contribution in [3.8, 4) is 11.5 Å². The lowest BCUT2D eigenvalue weighted by atomic mass is 9.99. The number of hydrogen-bond donors (Lipinski definition) is 1. The van der Waals surface area contributed by atoms with Gasteiger partial charge in [0, 0.05) is 18.7 Å². The molecule has 1 heterocycles. The number of carbonyl (C=O) groups excluding carboxylic acids is 2. The maximum absolute atomic E-state index is 12.4. The zero-order chi connectivity index (χ0) is 21.5. The molecule has 1 aliphatic heterocycles. The van der Waals surface area contributed by atoms with E-state index in [4.69, 9.17) is 4.74 Å². The number of benzene rings is 2. The fraction of sp³-hybridized carbons (Fsp3) is 0.273. The average Bonchev–Trinajstić information content (AvgIpc) is 2.77. The van der Waals surface area contributed by atoms with Gasteiger partial charge < -0.3 is 19.7 Å². The van der Waals surface area contributed by atoms with Crippen LogP contribution in [-0.2, 0) is 4.79 Å². The van der Waals surface area contributed by atoms with Gasteiger partial charge in [-0.2, -0.15) is 8.78 Å². The summed E-state index contributed by atoms with van der Waals surface area (Å²) >= 11 is 0. The highest BCUT2D eigenvalue weighted by molar-refractivity contribution is 5.97. The van der Waals surface area contributed by atoms with E-state index in [2.05, 4.69) is 10.1 Å². The van der Waals surface area contributed by atoms with Gasteiger partial charge in [-0.05, 0) is 35.8 Å². The summed E-state index contributed by atoms with van der Waals surface area (Å²) in [4.78, 5) is 26.4. The molecule has 2 aromatic rings. The van der Waals surface area contributed by atoms with E-state index in [1.54, 1.807) is 4.90 Å². The number of nitrogens with one attached hydrogen (secondary N) is 1. The second kappa shape index (κ2) is 9.87. The molecule has 0 saturated carbocycles. The van der Waals surface area contributed by atoms with E-state index in [0.29, 0.717) is 13.1 Å². The Morgan fingerprint density at radius 3 is 2.53 bits per heavy atom. The highest BCUT2D eigenvalue weighted by Crippen LogP contribution is 2.29. The first kappa shape index (κ1) is 21.3. The second-order valence-corrected chi connectivity index (χ2v) is 6.61. The predicted molar refractivity (Wildman–Crippen MR) is 108 cm³/mol. The summed E-state index contributed by atoms with van der Waals surface area (Å²) in [6, 6.07) is 13.8. The Balaban J connectivity index is 1.55. The van der Waals surface area contributed by atoms with Crippen LogP contribution in [0.25, 0.3) is 5.57 Å². The van der Waals surface area contributed by atoms with Gasteiger partial charge in [0.25, 0.3) is 5.91 Å². The molecule has 0 atom stereocenters. The fourth-order valence-corrected chi connectivity index (χ4v) is 3.18. The average molecular weight is 416 g/mol. The van der Waals surface area contributed by atoms with Crippen LogP contribution in [-0.4, -0.2) is 50.1 Å². The van der Waals surface area contributed by atoms with Gasteiger partial charge in [-0.3, -0.25) is 9.59 Å². The molecule has 0 bridgehead atoms. The first-order valence-corrected chi connectivity index (χ1v) is 9.41. The Hall–Kier alpha value is -3.42. The SMILES string of the molecule is COc1cc(C(=O)NCC(=O)N2CC=C(c3ccccc3)CC2)ccc1OC(F)F. The molecular formula is C22H22F2N2O4. The standard InChI is InChI=1S/C22H22F2N2O4/c1-29-19-13-17(7-8-18(19)30-22(23)24)21(28)25-14-20(27)26-11-9-16(10-12-26)15-5-3-2-4-6-15/h2-9,13,22H,10-12,14H2,1H3,(H,25,28). The number of halogens is 2. The Morgan fingerprint density at radius 1 is 1.13 bits per heavy atom. The summed E-state index contributed by atoms with van der Waals surface area (Å²) in [5, 5.41) is 2.56. The highest BCUT2D eigenvalue weighted by Gasteiger charge is 2.19. The van der Waals surface area contributed by atoms with Gasteiger partial charge in [-0.25, -0.2) is 0 Å². The summed E-state index contributed by atoms with van der Waals surface area (Å²) in [7, 11) is 1.28. The lowest BCUT2D eigenvalue weighted by Gasteiger charge is -2.27. The number of hydrogen-bond acceptors (Lipinski definition) is 4. The van der Waals surface area contributed by atoms with Crippen LogP contribution < -0.4 is 14.8 Å². The monoisotopic (exact) mass is 416 g/mol. The van der Waals surface area contributed by atoms with Crippen molar-refractivity contribution >= 4 is 17.4 Å². The van der Waals surface area contributed by atoms with Crippen molar-refractivity contribution in [2.75, 3.05) is 26.7 Å². The smallest absolute Gasteiger partial charge is 0.387 e. The van der Waals surface area contributed by atoms with E-state index >= 15 is 0 Å².